The first-order valence-corrected chi connectivity index (χ1v) is 6.42. The summed E-state index contributed by atoms with van der Waals surface area (Å²) in [6.45, 7) is 4.13. The molecule has 0 spiro atoms. The summed E-state index contributed by atoms with van der Waals surface area (Å²) in [4.78, 5) is 24.0. The minimum atomic E-state index is -0.985. The van der Waals surface area contributed by atoms with Crippen molar-refractivity contribution < 1.29 is 19.4 Å². The highest BCUT2D eigenvalue weighted by Crippen LogP contribution is 2.23. The normalized spacial score (nSPS) is 10.3. The summed E-state index contributed by atoms with van der Waals surface area (Å²) < 4.78 is 5.15. The topological polar surface area (TPSA) is 92.9 Å². The molecule has 0 unspecified atom stereocenters. The molecule has 0 aliphatic heterocycles. The van der Waals surface area contributed by atoms with Crippen LogP contribution in [-0.4, -0.2) is 30.3 Å². The lowest BCUT2D eigenvalue weighted by atomic mass is 10.2. The van der Waals surface area contributed by atoms with E-state index in [0.29, 0.717) is 11.4 Å². The van der Waals surface area contributed by atoms with Gasteiger partial charge in [0.2, 0.25) is 0 Å². The minimum absolute atomic E-state index is 0.0144. The molecule has 0 aliphatic rings. The zero-order valence-electron chi connectivity index (χ0n) is 11.7. The Balaban J connectivity index is 2.87. The molecule has 0 fully saturated rings. The Morgan fingerprint density at radius 2 is 2.00 bits per heavy atom. The number of ether oxygens (including phenoxy) is 1. The molecule has 1 rings (SSSR count). The van der Waals surface area contributed by atoms with Gasteiger partial charge in [0.15, 0.2) is 0 Å². The number of carbonyl (C=O) groups is 2. The number of anilines is 2. The molecule has 6 heteroatoms. The predicted molar refractivity (Wildman–Crippen MR) is 76.6 cm³/mol. The van der Waals surface area contributed by atoms with Gasteiger partial charge in [0.05, 0.1) is 24.4 Å². The summed E-state index contributed by atoms with van der Waals surface area (Å²) in [5.74, 6) is -0.783. The average molecular weight is 280 g/mol. The highest BCUT2D eigenvalue weighted by molar-refractivity contribution is 5.92. The summed E-state index contributed by atoms with van der Waals surface area (Å²) >= 11 is 0. The van der Waals surface area contributed by atoms with Gasteiger partial charge in [-0.25, -0.2) is 4.79 Å². The maximum atomic E-state index is 12.1. The fourth-order valence-electron chi connectivity index (χ4n) is 1.57. The number of nitrogens with zero attached hydrogens (tertiary/aromatic N) is 1. The van der Waals surface area contributed by atoms with Crippen LogP contribution in [-0.2, 0) is 9.53 Å². The molecule has 0 saturated heterocycles. The Bertz CT molecular complexity index is 474. The molecule has 110 valence electrons. The van der Waals surface area contributed by atoms with Crippen LogP contribution in [0.5, 0.6) is 0 Å². The number of carboxylic acid groups (broad SMARTS) is 1. The van der Waals surface area contributed by atoms with Crippen molar-refractivity contribution in [1.82, 2.24) is 0 Å². The number of amides is 1. The van der Waals surface area contributed by atoms with Gasteiger partial charge in [-0.15, -0.1) is 0 Å². The van der Waals surface area contributed by atoms with Crippen LogP contribution in [0.4, 0.5) is 16.2 Å². The molecule has 1 aromatic rings. The third-order valence-corrected chi connectivity index (χ3v) is 2.54. The summed E-state index contributed by atoms with van der Waals surface area (Å²) in [5, 5.41) is 8.77. The van der Waals surface area contributed by atoms with Gasteiger partial charge >= 0.3 is 12.1 Å². The molecule has 3 N–H and O–H groups in total. The largest absolute Gasteiger partial charge is 0.481 e. The number of hydrogen-bond donors (Lipinski definition) is 2. The van der Waals surface area contributed by atoms with E-state index in [0.717, 1.165) is 0 Å². The number of carbonyl (C=O) groups excluding carboxylic acids is 1. The number of nitrogens with two attached hydrogens (primary N) is 1. The molecule has 6 nitrogen and oxygen atoms in total. The fraction of sp³-hybridized carbons (Fsp3) is 0.429. The quantitative estimate of drug-likeness (QED) is 0.780. The number of rotatable bonds is 6. The number of carboxylic acids is 1. The van der Waals surface area contributed by atoms with Crippen molar-refractivity contribution in [2.75, 3.05) is 23.8 Å². The maximum Gasteiger partial charge on any atom is 0.414 e. The zero-order valence-corrected chi connectivity index (χ0v) is 11.7. The van der Waals surface area contributed by atoms with Gasteiger partial charge in [0.25, 0.3) is 0 Å². The first-order valence-electron chi connectivity index (χ1n) is 6.42. The molecular formula is C14H20N2O4. The molecule has 0 heterocycles. The van der Waals surface area contributed by atoms with Crippen molar-refractivity contribution in [2.24, 2.45) is 5.92 Å². The van der Waals surface area contributed by atoms with Crippen LogP contribution in [0.3, 0.4) is 0 Å². The number of benzene rings is 1. The van der Waals surface area contributed by atoms with Gasteiger partial charge < -0.3 is 15.6 Å². The third-order valence-electron chi connectivity index (χ3n) is 2.54. The molecule has 0 aliphatic carbocycles. The third kappa shape index (κ3) is 4.79. The Morgan fingerprint density at radius 3 is 2.55 bits per heavy atom. The lowest BCUT2D eigenvalue weighted by Crippen LogP contribution is -2.34. The molecule has 0 saturated carbocycles. The highest BCUT2D eigenvalue weighted by atomic mass is 16.6. The van der Waals surface area contributed by atoms with Gasteiger partial charge in [-0.2, -0.15) is 0 Å². The lowest BCUT2D eigenvalue weighted by Gasteiger charge is -2.23. The van der Waals surface area contributed by atoms with E-state index < -0.39 is 12.1 Å². The Hall–Kier alpha value is -2.24. The van der Waals surface area contributed by atoms with E-state index in [9.17, 15) is 9.59 Å². The van der Waals surface area contributed by atoms with Crippen LogP contribution < -0.4 is 10.6 Å². The van der Waals surface area contributed by atoms with E-state index in [4.69, 9.17) is 15.6 Å². The molecule has 0 atom stereocenters. The molecule has 1 aromatic carbocycles. The van der Waals surface area contributed by atoms with Gasteiger partial charge in [-0.1, -0.05) is 26.0 Å². The zero-order chi connectivity index (χ0) is 15.1. The molecule has 0 radical (unpaired) electrons. The Kier molecular flexibility index (Phi) is 5.83. The first-order chi connectivity index (χ1) is 9.41. The standard InChI is InChI=1S/C14H20N2O4/c1-10(2)9-20-14(19)16(8-7-13(17)18)12-6-4-3-5-11(12)15/h3-6,10H,7-9,15H2,1-2H3,(H,17,18). The Labute approximate surface area is 118 Å². The van der Waals surface area contributed by atoms with E-state index >= 15 is 0 Å². The number of nitrogen functional groups attached to an aromatic ring is 1. The van der Waals surface area contributed by atoms with E-state index in [1.807, 2.05) is 13.8 Å². The second kappa shape index (κ2) is 7.37. The predicted octanol–water partition coefficient (Wildman–Crippen LogP) is 2.34. The van der Waals surface area contributed by atoms with Crippen molar-refractivity contribution in [3.63, 3.8) is 0 Å². The summed E-state index contributed by atoms with van der Waals surface area (Å²) in [5.41, 5.74) is 6.69. The molecular weight excluding hydrogens is 260 g/mol. The smallest absolute Gasteiger partial charge is 0.414 e. The van der Waals surface area contributed by atoms with E-state index in [1.54, 1.807) is 24.3 Å². The fourth-order valence-corrected chi connectivity index (χ4v) is 1.57. The van der Waals surface area contributed by atoms with Crippen molar-refractivity contribution in [1.29, 1.82) is 0 Å². The van der Waals surface area contributed by atoms with Crippen molar-refractivity contribution in [2.45, 2.75) is 20.3 Å². The van der Waals surface area contributed by atoms with Crippen molar-refractivity contribution in [3.8, 4) is 0 Å². The second-order valence-electron chi connectivity index (χ2n) is 4.82. The SMILES string of the molecule is CC(C)COC(=O)N(CCC(=O)O)c1ccccc1N. The van der Waals surface area contributed by atoms with Gasteiger partial charge in [0, 0.05) is 6.54 Å². The maximum absolute atomic E-state index is 12.1. The second-order valence-corrected chi connectivity index (χ2v) is 4.82. The highest BCUT2D eigenvalue weighted by Gasteiger charge is 2.20. The van der Waals surface area contributed by atoms with Gasteiger partial charge in [-0.3, -0.25) is 9.69 Å². The number of para-hydroxylation sites is 2. The van der Waals surface area contributed by atoms with E-state index in [-0.39, 0.29) is 25.5 Å². The van der Waals surface area contributed by atoms with Crippen molar-refractivity contribution in [3.05, 3.63) is 24.3 Å². The van der Waals surface area contributed by atoms with Gasteiger partial charge in [0.1, 0.15) is 0 Å². The van der Waals surface area contributed by atoms with Gasteiger partial charge in [-0.05, 0) is 18.1 Å². The number of hydrogen-bond acceptors (Lipinski definition) is 4. The van der Waals surface area contributed by atoms with Crippen LogP contribution in [0.2, 0.25) is 0 Å². The first kappa shape index (κ1) is 15.8. The lowest BCUT2D eigenvalue weighted by molar-refractivity contribution is -0.136. The summed E-state index contributed by atoms with van der Waals surface area (Å²) in [6.07, 6.45) is -0.761. The average Bonchev–Trinajstić information content (AvgIpc) is 2.38. The van der Waals surface area contributed by atoms with Crippen LogP contribution in [0.25, 0.3) is 0 Å². The van der Waals surface area contributed by atoms with Crippen molar-refractivity contribution >= 4 is 23.4 Å². The van der Waals surface area contributed by atoms with Crippen LogP contribution >= 0.6 is 0 Å². The van der Waals surface area contributed by atoms with Crippen LogP contribution in [0.15, 0.2) is 24.3 Å². The van der Waals surface area contributed by atoms with E-state index in [2.05, 4.69) is 0 Å². The molecule has 0 bridgehead atoms. The molecule has 1 amide bonds. The van der Waals surface area contributed by atoms with E-state index in [1.165, 1.54) is 4.90 Å². The molecule has 20 heavy (non-hydrogen) atoms. The Morgan fingerprint density at radius 1 is 1.35 bits per heavy atom. The van der Waals surface area contributed by atoms with Crippen LogP contribution in [0.1, 0.15) is 20.3 Å². The summed E-state index contributed by atoms with van der Waals surface area (Å²) in [7, 11) is 0. The molecule has 0 aromatic heterocycles. The minimum Gasteiger partial charge on any atom is -0.481 e. The summed E-state index contributed by atoms with van der Waals surface area (Å²) in [6, 6.07) is 6.79. The van der Waals surface area contributed by atoms with Crippen LogP contribution in [0, 0.1) is 5.92 Å². The number of aliphatic carboxylic acids is 1. The monoisotopic (exact) mass is 280 g/mol.